The predicted molar refractivity (Wildman–Crippen MR) is 134 cm³/mol. The Morgan fingerprint density at radius 2 is 1.68 bits per heavy atom. The Morgan fingerprint density at radius 1 is 0.912 bits per heavy atom. The number of nitrogens with zero attached hydrogens (tertiary/aromatic N) is 2. The summed E-state index contributed by atoms with van der Waals surface area (Å²) in [5.74, 6) is 0.253. The van der Waals surface area contributed by atoms with Crippen molar-refractivity contribution in [2.24, 2.45) is 0 Å². The summed E-state index contributed by atoms with van der Waals surface area (Å²) in [7, 11) is 0. The molecule has 0 aliphatic heterocycles. The van der Waals surface area contributed by atoms with Crippen LogP contribution in [0.1, 0.15) is 22.0 Å². The minimum absolute atomic E-state index is 0.218. The van der Waals surface area contributed by atoms with Crippen LogP contribution < -0.4 is 10.6 Å². The number of carbonyl (C=O) groups excluding carboxylic acids is 1. The molecule has 1 atom stereocenters. The van der Waals surface area contributed by atoms with E-state index in [0.717, 1.165) is 33.3 Å². The lowest BCUT2D eigenvalue weighted by Crippen LogP contribution is -2.12. The molecule has 34 heavy (non-hydrogen) atoms. The molecule has 7 nitrogen and oxygen atoms in total. The van der Waals surface area contributed by atoms with E-state index in [1.807, 2.05) is 72.8 Å². The topological polar surface area (TPSA) is 103 Å². The molecule has 0 unspecified atom stereocenters. The van der Waals surface area contributed by atoms with Crippen molar-refractivity contribution in [3.8, 4) is 11.1 Å². The highest BCUT2D eigenvalue weighted by atomic mass is 16.3. The van der Waals surface area contributed by atoms with Crippen LogP contribution in [0, 0.1) is 0 Å². The van der Waals surface area contributed by atoms with Gasteiger partial charge < -0.3 is 15.7 Å². The third kappa shape index (κ3) is 4.65. The van der Waals surface area contributed by atoms with Gasteiger partial charge in [0.05, 0.1) is 17.3 Å². The van der Waals surface area contributed by atoms with Crippen LogP contribution in [0.5, 0.6) is 0 Å². The van der Waals surface area contributed by atoms with Crippen molar-refractivity contribution in [3.63, 3.8) is 0 Å². The molecular formula is C27H23N5O2. The number of aromatic amines is 1. The lowest BCUT2D eigenvalue weighted by molar-refractivity contribution is 0.102. The third-order valence-electron chi connectivity index (χ3n) is 5.59. The van der Waals surface area contributed by atoms with Gasteiger partial charge in [-0.15, -0.1) is 0 Å². The summed E-state index contributed by atoms with van der Waals surface area (Å²) in [6.07, 6.45) is 2.88. The fourth-order valence-electron chi connectivity index (χ4n) is 3.76. The number of aromatic nitrogens is 3. The second-order valence-electron chi connectivity index (χ2n) is 7.92. The van der Waals surface area contributed by atoms with Crippen LogP contribution in [0.25, 0.3) is 22.0 Å². The smallest absolute Gasteiger partial charge is 0.256 e. The van der Waals surface area contributed by atoms with Gasteiger partial charge in [0.2, 0.25) is 0 Å². The first-order valence-corrected chi connectivity index (χ1v) is 10.9. The first-order valence-electron chi connectivity index (χ1n) is 10.9. The van der Waals surface area contributed by atoms with Crippen molar-refractivity contribution in [1.29, 1.82) is 0 Å². The maximum Gasteiger partial charge on any atom is 0.256 e. The zero-order valence-electron chi connectivity index (χ0n) is 18.3. The number of H-pyrrole nitrogens is 1. The second kappa shape index (κ2) is 9.56. The largest absolute Gasteiger partial charge is 0.387 e. The highest BCUT2D eigenvalue weighted by Crippen LogP contribution is 2.29. The van der Waals surface area contributed by atoms with E-state index in [2.05, 4.69) is 25.8 Å². The predicted octanol–water partition coefficient (Wildman–Crippen LogP) is 5.02. The number of aliphatic hydroxyl groups is 1. The Balaban J connectivity index is 1.35. The molecule has 0 bridgehead atoms. The standard InChI is InChI=1S/C27H23N5O2/c33-25(18-7-3-1-4-8-18)17-29-22-13-21(15-28-16-22)20-11-12-24-23(14-20)26(32-31-24)30-27(34)19-9-5-2-6-10-19/h1-16,25,29,33H,17H2,(H2,30,31,32,34)/t25-/m1/s1. The van der Waals surface area contributed by atoms with Gasteiger partial charge in [-0.25, -0.2) is 0 Å². The molecule has 168 valence electrons. The van der Waals surface area contributed by atoms with Crippen LogP contribution in [0.4, 0.5) is 11.5 Å². The Labute approximate surface area is 196 Å². The summed E-state index contributed by atoms with van der Waals surface area (Å²) in [4.78, 5) is 16.9. The summed E-state index contributed by atoms with van der Waals surface area (Å²) in [5, 5.41) is 24.6. The number of carbonyl (C=O) groups is 1. The van der Waals surface area contributed by atoms with E-state index in [9.17, 15) is 9.90 Å². The van der Waals surface area contributed by atoms with Crippen LogP contribution in [0.2, 0.25) is 0 Å². The van der Waals surface area contributed by atoms with Crippen molar-refractivity contribution >= 4 is 28.3 Å². The number of fused-ring (bicyclic) bond motifs is 1. The van der Waals surface area contributed by atoms with Crippen molar-refractivity contribution in [3.05, 3.63) is 108 Å². The molecule has 0 fully saturated rings. The Kier molecular flexibility index (Phi) is 6.01. The molecular weight excluding hydrogens is 426 g/mol. The van der Waals surface area contributed by atoms with E-state index < -0.39 is 6.10 Å². The molecule has 5 aromatic rings. The average molecular weight is 450 g/mol. The van der Waals surface area contributed by atoms with E-state index >= 15 is 0 Å². The van der Waals surface area contributed by atoms with Crippen LogP contribution in [0.15, 0.2) is 97.3 Å². The van der Waals surface area contributed by atoms with E-state index in [4.69, 9.17) is 0 Å². The van der Waals surface area contributed by atoms with Crippen molar-refractivity contribution in [2.45, 2.75) is 6.10 Å². The van der Waals surface area contributed by atoms with Crippen molar-refractivity contribution in [1.82, 2.24) is 15.2 Å². The average Bonchev–Trinajstić information content (AvgIpc) is 3.30. The Morgan fingerprint density at radius 3 is 2.47 bits per heavy atom. The molecule has 0 aliphatic carbocycles. The molecule has 0 saturated carbocycles. The number of hydrogen-bond donors (Lipinski definition) is 4. The zero-order chi connectivity index (χ0) is 23.3. The highest BCUT2D eigenvalue weighted by Gasteiger charge is 2.13. The van der Waals surface area contributed by atoms with E-state index in [-0.39, 0.29) is 5.91 Å². The number of rotatable bonds is 7. The van der Waals surface area contributed by atoms with E-state index in [1.165, 1.54) is 0 Å². The maximum atomic E-state index is 12.6. The monoisotopic (exact) mass is 449 g/mol. The molecule has 0 spiro atoms. The minimum Gasteiger partial charge on any atom is -0.387 e. The zero-order valence-corrected chi connectivity index (χ0v) is 18.3. The summed E-state index contributed by atoms with van der Waals surface area (Å²) < 4.78 is 0. The first kappa shape index (κ1) is 21.4. The van der Waals surface area contributed by atoms with Gasteiger partial charge in [-0.3, -0.25) is 14.9 Å². The van der Waals surface area contributed by atoms with Crippen LogP contribution in [-0.4, -0.2) is 32.7 Å². The lowest BCUT2D eigenvalue weighted by atomic mass is 10.0. The van der Waals surface area contributed by atoms with Gasteiger partial charge in [-0.05, 0) is 41.5 Å². The van der Waals surface area contributed by atoms with Gasteiger partial charge in [0.25, 0.3) is 5.91 Å². The fourth-order valence-corrected chi connectivity index (χ4v) is 3.76. The van der Waals surface area contributed by atoms with Crippen LogP contribution >= 0.6 is 0 Å². The molecule has 4 N–H and O–H groups in total. The number of hydrogen-bond acceptors (Lipinski definition) is 5. The summed E-state index contributed by atoms with van der Waals surface area (Å²) in [5.41, 5.74) is 4.88. The summed E-state index contributed by atoms with van der Waals surface area (Å²) in [6.45, 7) is 0.367. The number of nitrogens with one attached hydrogen (secondary N) is 3. The minimum atomic E-state index is -0.622. The summed E-state index contributed by atoms with van der Waals surface area (Å²) in [6, 6.07) is 26.4. The fraction of sp³-hybridized carbons (Fsp3) is 0.0741. The molecule has 1 amide bonds. The molecule has 5 rings (SSSR count). The molecule has 0 radical (unpaired) electrons. The number of benzene rings is 3. The van der Waals surface area contributed by atoms with Crippen molar-refractivity contribution in [2.75, 3.05) is 17.2 Å². The third-order valence-corrected chi connectivity index (χ3v) is 5.59. The van der Waals surface area contributed by atoms with Crippen LogP contribution in [0.3, 0.4) is 0 Å². The molecule has 0 saturated heterocycles. The normalized spacial score (nSPS) is 11.8. The molecule has 7 heteroatoms. The van der Waals surface area contributed by atoms with Crippen LogP contribution in [-0.2, 0) is 0 Å². The van der Waals surface area contributed by atoms with Crippen molar-refractivity contribution < 1.29 is 9.90 Å². The quantitative estimate of drug-likeness (QED) is 0.279. The van der Waals surface area contributed by atoms with Gasteiger partial charge in [0.15, 0.2) is 5.82 Å². The highest BCUT2D eigenvalue weighted by molar-refractivity contribution is 6.08. The van der Waals surface area contributed by atoms with Gasteiger partial charge in [-0.2, -0.15) is 5.10 Å². The van der Waals surface area contributed by atoms with Gasteiger partial charge in [0, 0.05) is 35.5 Å². The van der Waals surface area contributed by atoms with Gasteiger partial charge >= 0.3 is 0 Å². The molecule has 2 aromatic heterocycles. The van der Waals surface area contributed by atoms with E-state index in [0.29, 0.717) is 17.9 Å². The first-order chi connectivity index (χ1) is 16.7. The lowest BCUT2D eigenvalue weighted by Gasteiger charge is -2.13. The number of pyridine rings is 1. The van der Waals surface area contributed by atoms with E-state index in [1.54, 1.807) is 24.5 Å². The Bertz CT molecular complexity index is 1420. The SMILES string of the molecule is O=C(Nc1n[nH]c2ccc(-c3cncc(NC[C@@H](O)c4ccccc4)c3)cc12)c1ccccc1. The van der Waals surface area contributed by atoms with Gasteiger partial charge in [0.1, 0.15) is 0 Å². The summed E-state index contributed by atoms with van der Waals surface area (Å²) >= 11 is 0. The molecule has 2 heterocycles. The molecule has 0 aliphatic rings. The number of anilines is 2. The maximum absolute atomic E-state index is 12.6. The molecule has 3 aromatic carbocycles. The van der Waals surface area contributed by atoms with Gasteiger partial charge in [-0.1, -0.05) is 54.6 Å². The second-order valence-corrected chi connectivity index (χ2v) is 7.92. The Hall–Kier alpha value is -4.49. The number of aliphatic hydroxyl groups excluding tert-OH is 1. The number of amides is 1.